The third-order valence-corrected chi connectivity index (χ3v) is 3.90. The summed E-state index contributed by atoms with van der Waals surface area (Å²) in [7, 11) is -2.85. The zero-order chi connectivity index (χ0) is 15.9. The van der Waals surface area contributed by atoms with E-state index in [0.29, 0.717) is 5.69 Å². The largest absolute Gasteiger partial charge is 0.452 e. The smallest absolute Gasteiger partial charge is 0.420 e. The minimum Gasteiger partial charge on any atom is -0.452 e. The van der Waals surface area contributed by atoms with Crippen molar-refractivity contribution in [2.24, 2.45) is 10.3 Å². The molecule has 0 aliphatic rings. The van der Waals surface area contributed by atoms with Crippen LogP contribution in [0.3, 0.4) is 0 Å². The van der Waals surface area contributed by atoms with E-state index in [2.05, 4.69) is 15.1 Å². The number of hydrogen-bond acceptors (Lipinski definition) is 6. The van der Waals surface area contributed by atoms with Gasteiger partial charge in [0.2, 0.25) is 0 Å². The Balaban J connectivity index is 2.85. The van der Waals surface area contributed by atoms with Crippen LogP contribution in [0.2, 0.25) is 0 Å². The van der Waals surface area contributed by atoms with Gasteiger partial charge in [-0.25, -0.2) is 17.9 Å². The van der Waals surface area contributed by atoms with Crippen molar-refractivity contribution in [3.63, 3.8) is 0 Å². The van der Waals surface area contributed by atoms with E-state index in [4.69, 9.17) is 0 Å². The lowest BCUT2D eigenvalue weighted by molar-refractivity contribution is 0.177. The van der Waals surface area contributed by atoms with Crippen LogP contribution in [0, 0.1) is 0 Å². The molecule has 116 valence electrons. The first-order valence-corrected chi connectivity index (χ1v) is 7.78. The number of nitrogens with one attached hydrogen (secondary N) is 1. The van der Waals surface area contributed by atoms with E-state index in [-0.39, 0.29) is 4.90 Å². The highest BCUT2D eigenvalue weighted by molar-refractivity contribution is 7.90. The summed E-state index contributed by atoms with van der Waals surface area (Å²) in [6.45, 7) is 5.37. The highest BCUT2D eigenvalue weighted by Gasteiger charge is 2.17. The summed E-state index contributed by atoms with van der Waals surface area (Å²) >= 11 is 0. The Bertz CT molecular complexity index is 594. The number of rotatable bonds is 6. The summed E-state index contributed by atoms with van der Waals surface area (Å²) in [6, 6.07) is 5.67. The third-order valence-electron chi connectivity index (χ3n) is 2.57. The maximum Gasteiger partial charge on any atom is 0.420 e. The van der Waals surface area contributed by atoms with Crippen LogP contribution in [0.1, 0.15) is 13.8 Å². The molecule has 1 aromatic carbocycles. The molecular formula is C12H18N4O4S. The molecule has 0 bridgehead atoms. The topological polar surface area (TPSA) is 100 Å². The molecule has 0 unspecified atom stereocenters. The van der Waals surface area contributed by atoms with Crippen molar-refractivity contribution in [3.05, 3.63) is 24.3 Å². The first-order chi connectivity index (χ1) is 9.92. The van der Waals surface area contributed by atoms with Crippen molar-refractivity contribution in [1.29, 1.82) is 0 Å². The second-order valence-electron chi connectivity index (χ2n) is 3.92. The van der Waals surface area contributed by atoms with Crippen molar-refractivity contribution in [3.8, 4) is 0 Å². The molecule has 0 aromatic heterocycles. The van der Waals surface area contributed by atoms with Gasteiger partial charge in [0.1, 0.15) is 0 Å². The minimum absolute atomic E-state index is 0.0605. The summed E-state index contributed by atoms with van der Waals surface area (Å²) in [5.74, 6) is 0. The standard InChI is InChI=1S/C12H18N4O4S/c1-4-16(5-2)15-13-10-6-8-11(9-7-10)21(18,19)14-12(17)20-3/h6-9H,4-5H2,1-3H3,(H,14,17). The van der Waals surface area contributed by atoms with Gasteiger partial charge < -0.3 is 4.74 Å². The van der Waals surface area contributed by atoms with Crippen molar-refractivity contribution < 1.29 is 17.9 Å². The molecule has 9 heteroatoms. The van der Waals surface area contributed by atoms with Crippen molar-refractivity contribution in [1.82, 2.24) is 9.73 Å². The predicted octanol–water partition coefficient (Wildman–Crippen LogP) is 2.07. The third kappa shape index (κ3) is 5.03. The lowest BCUT2D eigenvalue weighted by Gasteiger charge is -2.11. The number of benzene rings is 1. The molecule has 0 aliphatic heterocycles. The minimum atomic E-state index is -3.94. The first-order valence-electron chi connectivity index (χ1n) is 6.30. The van der Waals surface area contributed by atoms with E-state index in [0.717, 1.165) is 20.2 Å². The van der Waals surface area contributed by atoms with Gasteiger partial charge in [0, 0.05) is 13.1 Å². The van der Waals surface area contributed by atoms with Gasteiger partial charge in [-0.3, -0.25) is 5.01 Å². The number of methoxy groups -OCH3 is 1. The van der Waals surface area contributed by atoms with Crippen LogP contribution >= 0.6 is 0 Å². The first kappa shape index (κ1) is 16.9. The molecule has 0 radical (unpaired) electrons. The fourth-order valence-electron chi connectivity index (χ4n) is 1.37. The van der Waals surface area contributed by atoms with Crippen LogP contribution in [-0.2, 0) is 14.8 Å². The molecule has 0 heterocycles. The fourth-order valence-corrected chi connectivity index (χ4v) is 2.28. The predicted molar refractivity (Wildman–Crippen MR) is 76.6 cm³/mol. The molecular weight excluding hydrogens is 296 g/mol. The molecule has 1 amide bonds. The molecule has 0 atom stereocenters. The number of ether oxygens (including phenoxy) is 1. The van der Waals surface area contributed by atoms with Gasteiger partial charge in [0.05, 0.1) is 17.7 Å². The molecule has 0 fully saturated rings. The summed E-state index contributed by atoms with van der Waals surface area (Å²) < 4.78 is 29.6. The number of nitrogens with zero attached hydrogens (tertiary/aromatic N) is 3. The van der Waals surface area contributed by atoms with E-state index >= 15 is 0 Å². The summed E-state index contributed by atoms with van der Waals surface area (Å²) in [5, 5.41) is 9.75. The van der Waals surface area contributed by atoms with Gasteiger partial charge in [-0.1, -0.05) is 5.22 Å². The van der Waals surface area contributed by atoms with E-state index < -0.39 is 16.1 Å². The van der Waals surface area contributed by atoms with Gasteiger partial charge in [-0.05, 0) is 38.1 Å². The molecule has 0 saturated heterocycles. The lowest BCUT2D eigenvalue weighted by atomic mass is 10.3. The zero-order valence-electron chi connectivity index (χ0n) is 12.1. The Morgan fingerprint density at radius 2 is 1.81 bits per heavy atom. The number of carbonyl (C=O) groups excluding carboxylic acids is 1. The maximum atomic E-state index is 11.8. The second-order valence-corrected chi connectivity index (χ2v) is 5.60. The summed E-state index contributed by atoms with van der Waals surface area (Å²) in [5.41, 5.74) is 0.513. The van der Waals surface area contributed by atoms with E-state index in [1.807, 2.05) is 13.8 Å². The van der Waals surface area contributed by atoms with Gasteiger partial charge in [-0.15, -0.1) is 5.11 Å². The highest BCUT2D eigenvalue weighted by atomic mass is 32.2. The Hall–Kier alpha value is -2.16. The van der Waals surface area contributed by atoms with E-state index in [1.165, 1.54) is 24.3 Å². The zero-order valence-corrected chi connectivity index (χ0v) is 12.9. The molecule has 21 heavy (non-hydrogen) atoms. The monoisotopic (exact) mass is 314 g/mol. The van der Waals surface area contributed by atoms with Crippen LogP contribution in [-0.4, -0.2) is 39.7 Å². The van der Waals surface area contributed by atoms with Crippen LogP contribution < -0.4 is 4.72 Å². The number of carbonyl (C=O) groups is 1. The fraction of sp³-hybridized carbons (Fsp3) is 0.417. The van der Waals surface area contributed by atoms with Crippen LogP contribution in [0.4, 0.5) is 10.5 Å². The summed E-state index contributed by atoms with van der Waals surface area (Å²) in [4.78, 5) is 10.9. The van der Waals surface area contributed by atoms with Crippen LogP contribution in [0.15, 0.2) is 39.5 Å². The van der Waals surface area contributed by atoms with Gasteiger partial charge in [0.25, 0.3) is 10.0 Å². The maximum absolute atomic E-state index is 11.8. The molecule has 8 nitrogen and oxygen atoms in total. The van der Waals surface area contributed by atoms with Crippen molar-refractivity contribution >= 4 is 21.8 Å². The average Bonchev–Trinajstić information content (AvgIpc) is 2.48. The molecule has 0 aliphatic carbocycles. The molecule has 0 spiro atoms. The number of hydrogen-bond donors (Lipinski definition) is 1. The van der Waals surface area contributed by atoms with Crippen molar-refractivity contribution in [2.75, 3.05) is 20.2 Å². The average molecular weight is 314 g/mol. The van der Waals surface area contributed by atoms with Gasteiger partial charge in [0.15, 0.2) is 0 Å². The summed E-state index contributed by atoms with van der Waals surface area (Å²) in [6.07, 6.45) is -1.04. The van der Waals surface area contributed by atoms with Gasteiger partial charge >= 0.3 is 6.09 Å². The second kappa shape index (κ2) is 7.58. The Kier molecular flexibility index (Phi) is 6.10. The quantitative estimate of drug-likeness (QED) is 0.640. The highest BCUT2D eigenvalue weighted by Crippen LogP contribution is 2.17. The van der Waals surface area contributed by atoms with Crippen molar-refractivity contribution in [2.45, 2.75) is 18.7 Å². The number of sulfonamides is 1. The lowest BCUT2D eigenvalue weighted by Crippen LogP contribution is -2.30. The molecule has 1 rings (SSSR count). The van der Waals surface area contributed by atoms with E-state index in [9.17, 15) is 13.2 Å². The number of amides is 1. The Morgan fingerprint density at radius 1 is 1.24 bits per heavy atom. The SMILES string of the molecule is CCN(CC)N=Nc1ccc(S(=O)(=O)NC(=O)OC)cc1. The molecule has 1 N–H and O–H groups in total. The Morgan fingerprint density at radius 3 is 2.29 bits per heavy atom. The molecule has 1 aromatic rings. The van der Waals surface area contributed by atoms with Crippen LogP contribution in [0.25, 0.3) is 0 Å². The normalized spacial score (nSPS) is 11.4. The van der Waals surface area contributed by atoms with Crippen LogP contribution in [0.5, 0.6) is 0 Å². The van der Waals surface area contributed by atoms with E-state index in [1.54, 1.807) is 9.73 Å². The van der Waals surface area contributed by atoms with Gasteiger partial charge in [-0.2, -0.15) is 0 Å². The molecule has 0 saturated carbocycles. The Labute approximate surface area is 123 Å².